The van der Waals surface area contributed by atoms with Crippen molar-refractivity contribution in [1.82, 2.24) is 0 Å². The molecular weight excluding hydrogens is 356 g/mol. The van der Waals surface area contributed by atoms with E-state index in [0.717, 1.165) is 39.8 Å². The molecule has 0 bridgehead atoms. The van der Waals surface area contributed by atoms with Crippen LogP contribution in [0.3, 0.4) is 0 Å². The lowest BCUT2D eigenvalue weighted by molar-refractivity contribution is 0.477. The Hall–Kier alpha value is -3.52. The van der Waals surface area contributed by atoms with E-state index in [1.54, 1.807) is 12.1 Å². The van der Waals surface area contributed by atoms with Gasteiger partial charge in [-0.3, -0.25) is 0 Å². The van der Waals surface area contributed by atoms with Crippen molar-refractivity contribution in [2.24, 2.45) is 0 Å². The number of para-hydroxylation sites is 2. The molecule has 0 spiro atoms. The molecular formula is C27H24O2. The van der Waals surface area contributed by atoms with Crippen LogP contribution in [-0.4, -0.2) is 10.2 Å². The standard InChI is InChI=1S/C27H24O2/c1-18-15-20(11-13-22(18)24-7-3-5-9-26(24)28)17-21-12-14-23(19(2)16-21)25-8-4-6-10-27(25)29/h3-16,28-29H,17H2,1-2H3. The lowest BCUT2D eigenvalue weighted by Gasteiger charge is -2.12. The maximum absolute atomic E-state index is 10.1. The second-order valence-electron chi connectivity index (χ2n) is 7.51. The van der Waals surface area contributed by atoms with Crippen LogP contribution >= 0.6 is 0 Å². The molecule has 29 heavy (non-hydrogen) atoms. The highest BCUT2D eigenvalue weighted by Gasteiger charge is 2.10. The Labute approximate surface area is 171 Å². The fourth-order valence-electron chi connectivity index (χ4n) is 3.91. The Balaban J connectivity index is 1.60. The highest BCUT2D eigenvalue weighted by atomic mass is 16.3. The lowest BCUT2D eigenvalue weighted by atomic mass is 9.93. The largest absolute Gasteiger partial charge is 0.507 e. The van der Waals surface area contributed by atoms with Crippen LogP contribution in [0.25, 0.3) is 22.3 Å². The number of aromatic hydroxyl groups is 2. The molecule has 0 radical (unpaired) electrons. The van der Waals surface area contributed by atoms with Gasteiger partial charge in [0.25, 0.3) is 0 Å². The SMILES string of the molecule is Cc1cc(Cc2ccc(-c3ccccc3O)c(C)c2)ccc1-c1ccccc1O. The van der Waals surface area contributed by atoms with Crippen molar-refractivity contribution in [2.45, 2.75) is 20.3 Å². The number of phenolic OH excluding ortho intramolecular Hbond substituents is 2. The molecule has 0 atom stereocenters. The number of hydrogen-bond acceptors (Lipinski definition) is 2. The van der Waals surface area contributed by atoms with Crippen LogP contribution in [-0.2, 0) is 6.42 Å². The lowest BCUT2D eigenvalue weighted by Crippen LogP contribution is -1.93. The molecule has 0 saturated carbocycles. The molecule has 0 saturated heterocycles. The monoisotopic (exact) mass is 380 g/mol. The number of benzene rings is 4. The van der Waals surface area contributed by atoms with Gasteiger partial charge in [0.1, 0.15) is 11.5 Å². The van der Waals surface area contributed by atoms with Crippen LogP contribution in [0.1, 0.15) is 22.3 Å². The molecule has 2 N–H and O–H groups in total. The Kier molecular flexibility index (Phi) is 5.09. The predicted octanol–water partition coefficient (Wildman–Crippen LogP) is 6.64. The molecule has 0 aliphatic rings. The summed E-state index contributed by atoms with van der Waals surface area (Å²) in [7, 11) is 0. The zero-order valence-corrected chi connectivity index (χ0v) is 16.7. The Bertz CT molecular complexity index is 1080. The van der Waals surface area contributed by atoms with E-state index in [2.05, 4.69) is 50.2 Å². The van der Waals surface area contributed by atoms with Gasteiger partial charge in [-0.15, -0.1) is 0 Å². The van der Waals surface area contributed by atoms with Crippen molar-refractivity contribution in [3.8, 4) is 33.8 Å². The normalized spacial score (nSPS) is 10.8. The van der Waals surface area contributed by atoms with E-state index in [-0.39, 0.29) is 0 Å². The molecule has 2 heteroatoms. The summed E-state index contributed by atoms with van der Waals surface area (Å²) in [5.41, 5.74) is 8.58. The topological polar surface area (TPSA) is 40.5 Å². The summed E-state index contributed by atoms with van der Waals surface area (Å²) in [6.45, 7) is 4.16. The van der Waals surface area contributed by atoms with Crippen LogP contribution in [0.4, 0.5) is 0 Å². The quantitative estimate of drug-likeness (QED) is 0.417. The molecule has 4 rings (SSSR count). The molecule has 0 fully saturated rings. The maximum atomic E-state index is 10.1. The first-order chi connectivity index (χ1) is 14.0. The molecule has 0 aromatic heterocycles. The Morgan fingerprint density at radius 3 is 1.31 bits per heavy atom. The van der Waals surface area contributed by atoms with E-state index >= 15 is 0 Å². The molecule has 0 amide bonds. The summed E-state index contributed by atoms with van der Waals surface area (Å²) in [4.78, 5) is 0. The van der Waals surface area contributed by atoms with Crippen molar-refractivity contribution >= 4 is 0 Å². The zero-order chi connectivity index (χ0) is 20.4. The fourth-order valence-corrected chi connectivity index (χ4v) is 3.91. The summed E-state index contributed by atoms with van der Waals surface area (Å²) < 4.78 is 0. The Morgan fingerprint density at radius 1 is 0.517 bits per heavy atom. The van der Waals surface area contributed by atoms with Crippen LogP contribution in [0, 0.1) is 13.8 Å². The summed E-state index contributed by atoms with van der Waals surface area (Å²) >= 11 is 0. The number of hydrogen-bond donors (Lipinski definition) is 2. The molecule has 0 heterocycles. The van der Waals surface area contributed by atoms with Crippen molar-refractivity contribution in [2.75, 3.05) is 0 Å². The fraction of sp³-hybridized carbons (Fsp3) is 0.111. The Morgan fingerprint density at radius 2 is 0.931 bits per heavy atom. The first-order valence-corrected chi connectivity index (χ1v) is 9.79. The second kappa shape index (κ2) is 7.84. The minimum Gasteiger partial charge on any atom is -0.507 e. The third kappa shape index (κ3) is 3.88. The van der Waals surface area contributed by atoms with Gasteiger partial charge in [-0.05, 0) is 65.8 Å². The van der Waals surface area contributed by atoms with E-state index in [1.807, 2.05) is 36.4 Å². The minimum atomic E-state index is 0.304. The van der Waals surface area contributed by atoms with Crippen molar-refractivity contribution in [1.29, 1.82) is 0 Å². The summed E-state index contributed by atoms with van der Waals surface area (Å²) in [6.07, 6.45) is 0.837. The first kappa shape index (κ1) is 18.8. The van der Waals surface area contributed by atoms with Crippen molar-refractivity contribution < 1.29 is 10.2 Å². The second-order valence-corrected chi connectivity index (χ2v) is 7.51. The van der Waals surface area contributed by atoms with Gasteiger partial charge in [0.2, 0.25) is 0 Å². The van der Waals surface area contributed by atoms with Gasteiger partial charge in [0.05, 0.1) is 0 Å². The van der Waals surface area contributed by atoms with Gasteiger partial charge in [-0.1, -0.05) is 72.8 Å². The van der Waals surface area contributed by atoms with Crippen LogP contribution in [0.2, 0.25) is 0 Å². The summed E-state index contributed by atoms with van der Waals surface area (Å²) in [6, 6.07) is 27.7. The van der Waals surface area contributed by atoms with E-state index < -0.39 is 0 Å². The average Bonchev–Trinajstić information content (AvgIpc) is 2.70. The van der Waals surface area contributed by atoms with E-state index in [9.17, 15) is 10.2 Å². The highest BCUT2D eigenvalue weighted by Crippen LogP contribution is 2.33. The number of aryl methyl sites for hydroxylation is 2. The van der Waals surface area contributed by atoms with E-state index in [4.69, 9.17) is 0 Å². The van der Waals surface area contributed by atoms with Crippen molar-refractivity contribution in [3.63, 3.8) is 0 Å². The van der Waals surface area contributed by atoms with E-state index in [0.29, 0.717) is 11.5 Å². The molecule has 0 unspecified atom stereocenters. The molecule has 4 aromatic rings. The summed E-state index contributed by atoms with van der Waals surface area (Å²) in [5.74, 6) is 0.609. The van der Waals surface area contributed by atoms with Gasteiger partial charge in [0.15, 0.2) is 0 Å². The molecule has 0 aliphatic heterocycles. The van der Waals surface area contributed by atoms with Gasteiger partial charge in [-0.2, -0.15) is 0 Å². The molecule has 4 aromatic carbocycles. The molecule has 0 aliphatic carbocycles. The zero-order valence-electron chi connectivity index (χ0n) is 16.7. The van der Waals surface area contributed by atoms with Crippen molar-refractivity contribution in [3.05, 3.63) is 107 Å². The average molecular weight is 380 g/mol. The number of phenols is 2. The van der Waals surface area contributed by atoms with Crippen LogP contribution in [0.15, 0.2) is 84.9 Å². The van der Waals surface area contributed by atoms with Gasteiger partial charge in [-0.25, -0.2) is 0 Å². The number of rotatable bonds is 4. The third-order valence-corrected chi connectivity index (χ3v) is 5.38. The van der Waals surface area contributed by atoms with Gasteiger partial charge >= 0.3 is 0 Å². The minimum absolute atomic E-state index is 0.304. The predicted molar refractivity (Wildman–Crippen MR) is 119 cm³/mol. The molecule has 144 valence electrons. The van der Waals surface area contributed by atoms with Crippen LogP contribution in [0.5, 0.6) is 11.5 Å². The maximum Gasteiger partial charge on any atom is 0.123 e. The first-order valence-electron chi connectivity index (χ1n) is 9.79. The van der Waals surface area contributed by atoms with Crippen LogP contribution < -0.4 is 0 Å². The smallest absolute Gasteiger partial charge is 0.123 e. The highest BCUT2D eigenvalue weighted by molar-refractivity contribution is 5.74. The van der Waals surface area contributed by atoms with Gasteiger partial charge in [0, 0.05) is 11.1 Å². The summed E-state index contributed by atoms with van der Waals surface area (Å²) in [5, 5.41) is 20.3. The molecule has 2 nitrogen and oxygen atoms in total. The van der Waals surface area contributed by atoms with Gasteiger partial charge < -0.3 is 10.2 Å². The third-order valence-electron chi connectivity index (χ3n) is 5.38. The van der Waals surface area contributed by atoms with E-state index in [1.165, 1.54) is 11.1 Å².